The summed E-state index contributed by atoms with van der Waals surface area (Å²) in [5.41, 5.74) is 5.46. The van der Waals surface area contributed by atoms with E-state index in [9.17, 15) is 0 Å². The first kappa shape index (κ1) is 9.92. The lowest BCUT2D eigenvalue weighted by atomic mass is 10.1. The van der Waals surface area contributed by atoms with Crippen LogP contribution in [0.3, 0.4) is 0 Å². The Bertz CT molecular complexity index is 63.7. The second-order valence-electron chi connectivity index (χ2n) is 3.06. The van der Waals surface area contributed by atoms with Crippen molar-refractivity contribution < 1.29 is 0 Å². The van der Waals surface area contributed by atoms with E-state index in [-0.39, 0.29) is 0 Å². The van der Waals surface area contributed by atoms with Gasteiger partial charge in [-0.1, -0.05) is 13.8 Å². The molecule has 0 aliphatic carbocycles. The lowest BCUT2D eigenvalue weighted by Gasteiger charge is -2.14. The van der Waals surface area contributed by atoms with Crippen molar-refractivity contribution in [2.75, 3.05) is 13.1 Å². The van der Waals surface area contributed by atoms with Crippen molar-refractivity contribution in [2.45, 2.75) is 33.2 Å². The third-order valence-corrected chi connectivity index (χ3v) is 1.83. The number of hydrogen-bond donors (Lipinski definition) is 2. The predicted octanol–water partition coefficient (Wildman–Crippen LogP) is 0.969. The zero-order chi connectivity index (χ0) is 7.98. The molecule has 2 unspecified atom stereocenters. The van der Waals surface area contributed by atoms with Crippen LogP contribution in [0.2, 0.25) is 0 Å². The smallest absolute Gasteiger partial charge is 0.00362 e. The Morgan fingerprint density at radius 1 is 1.40 bits per heavy atom. The van der Waals surface area contributed by atoms with Gasteiger partial charge in [0.2, 0.25) is 0 Å². The molecule has 0 spiro atoms. The van der Waals surface area contributed by atoms with Gasteiger partial charge in [0.25, 0.3) is 0 Å². The minimum atomic E-state index is 0.606. The third-order valence-electron chi connectivity index (χ3n) is 1.83. The highest BCUT2D eigenvalue weighted by Gasteiger charge is 2.00. The molecular weight excluding hydrogens is 124 g/mol. The molecule has 0 heterocycles. The van der Waals surface area contributed by atoms with Crippen molar-refractivity contribution in [2.24, 2.45) is 11.7 Å². The van der Waals surface area contributed by atoms with E-state index in [2.05, 4.69) is 26.1 Å². The molecule has 0 saturated carbocycles. The van der Waals surface area contributed by atoms with Gasteiger partial charge >= 0.3 is 0 Å². The molecule has 0 aromatic heterocycles. The number of hydrogen-bond acceptors (Lipinski definition) is 2. The summed E-state index contributed by atoms with van der Waals surface area (Å²) in [6.07, 6.45) is 1.19. The maximum Gasteiger partial charge on any atom is 0.00362 e. The molecule has 2 heteroatoms. The molecule has 2 nitrogen and oxygen atoms in total. The van der Waals surface area contributed by atoms with E-state index in [4.69, 9.17) is 5.73 Å². The quantitative estimate of drug-likeness (QED) is 0.603. The van der Waals surface area contributed by atoms with Crippen LogP contribution in [0.25, 0.3) is 0 Å². The van der Waals surface area contributed by atoms with Crippen molar-refractivity contribution in [3.63, 3.8) is 0 Å². The molecule has 0 rings (SSSR count). The molecule has 0 aromatic rings. The van der Waals surface area contributed by atoms with E-state index >= 15 is 0 Å². The normalized spacial score (nSPS) is 16.8. The average Bonchev–Trinajstić information content (AvgIpc) is 1.99. The Morgan fingerprint density at radius 2 is 2.00 bits per heavy atom. The zero-order valence-electron chi connectivity index (χ0n) is 7.35. The minimum absolute atomic E-state index is 0.606. The number of nitrogens with two attached hydrogens (primary N) is 1. The van der Waals surface area contributed by atoms with Crippen LogP contribution in [-0.4, -0.2) is 19.1 Å². The summed E-state index contributed by atoms with van der Waals surface area (Å²) in [7, 11) is 0. The molecule has 0 radical (unpaired) electrons. The Hall–Kier alpha value is -0.0800. The number of rotatable bonds is 5. The van der Waals surface area contributed by atoms with E-state index in [1.165, 1.54) is 6.42 Å². The molecular formula is C8H20N2. The molecule has 0 amide bonds. The summed E-state index contributed by atoms with van der Waals surface area (Å²) in [5.74, 6) is 0.606. The van der Waals surface area contributed by atoms with Gasteiger partial charge in [0, 0.05) is 6.04 Å². The largest absolute Gasteiger partial charge is 0.330 e. The van der Waals surface area contributed by atoms with Crippen LogP contribution in [0.15, 0.2) is 0 Å². The van der Waals surface area contributed by atoms with Crippen LogP contribution in [0.1, 0.15) is 27.2 Å². The van der Waals surface area contributed by atoms with Gasteiger partial charge < -0.3 is 11.1 Å². The first-order valence-electron chi connectivity index (χ1n) is 4.14. The van der Waals surface area contributed by atoms with Crippen LogP contribution in [0.4, 0.5) is 0 Å². The minimum Gasteiger partial charge on any atom is -0.330 e. The second-order valence-corrected chi connectivity index (χ2v) is 3.06. The van der Waals surface area contributed by atoms with E-state index in [1.54, 1.807) is 0 Å². The fraction of sp³-hybridized carbons (Fsp3) is 1.00. The lowest BCUT2D eigenvalue weighted by molar-refractivity contribution is 0.460. The van der Waals surface area contributed by atoms with Gasteiger partial charge in [0.1, 0.15) is 0 Å². The predicted molar refractivity (Wildman–Crippen MR) is 46.0 cm³/mol. The third kappa shape index (κ3) is 4.77. The maximum absolute atomic E-state index is 5.46. The fourth-order valence-corrected chi connectivity index (χ4v) is 0.630. The monoisotopic (exact) mass is 144 g/mol. The summed E-state index contributed by atoms with van der Waals surface area (Å²) < 4.78 is 0. The van der Waals surface area contributed by atoms with Gasteiger partial charge in [-0.15, -0.1) is 0 Å². The summed E-state index contributed by atoms with van der Waals surface area (Å²) >= 11 is 0. The van der Waals surface area contributed by atoms with Gasteiger partial charge in [-0.25, -0.2) is 0 Å². The van der Waals surface area contributed by atoms with Crippen molar-refractivity contribution in [3.8, 4) is 0 Å². The van der Waals surface area contributed by atoms with Gasteiger partial charge in [-0.05, 0) is 32.4 Å². The van der Waals surface area contributed by atoms with Gasteiger partial charge in [-0.2, -0.15) is 0 Å². The Morgan fingerprint density at radius 3 is 2.40 bits per heavy atom. The van der Waals surface area contributed by atoms with Crippen molar-refractivity contribution in [1.82, 2.24) is 5.32 Å². The first-order valence-corrected chi connectivity index (χ1v) is 4.14. The SMILES string of the molecule is CCC(C)NCC(C)CN. The molecule has 3 N–H and O–H groups in total. The first-order chi connectivity index (χ1) is 4.70. The Balaban J connectivity index is 3.17. The van der Waals surface area contributed by atoms with Crippen molar-refractivity contribution in [3.05, 3.63) is 0 Å². The van der Waals surface area contributed by atoms with Crippen LogP contribution in [0.5, 0.6) is 0 Å². The highest BCUT2D eigenvalue weighted by Crippen LogP contribution is 1.91. The summed E-state index contributed by atoms with van der Waals surface area (Å²) in [4.78, 5) is 0. The van der Waals surface area contributed by atoms with Gasteiger partial charge in [-0.3, -0.25) is 0 Å². The molecule has 0 bridgehead atoms. The molecule has 0 aliphatic heterocycles. The molecule has 0 saturated heterocycles. The van der Waals surface area contributed by atoms with Crippen LogP contribution >= 0.6 is 0 Å². The molecule has 2 atom stereocenters. The topological polar surface area (TPSA) is 38.0 Å². The molecule has 0 fully saturated rings. The van der Waals surface area contributed by atoms with Crippen molar-refractivity contribution in [1.29, 1.82) is 0 Å². The highest BCUT2D eigenvalue weighted by atomic mass is 14.9. The molecule has 10 heavy (non-hydrogen) atoms. The highest BCUT2D eigenvalue weighted by molar-refractivity contribution is 4.61. The van der Waals surface area contributed by atoms with Crippen LogP contribution in [0, 0.1) is 5.92 Å². The number of nitrogens with one attached hydrogen (secondary N) is 1. The van der Waals surface area contributed by atoms with Gasteiger partial charge in [0.15, 0.2) is 0 Å². The summed E-state index contributed by atoms with van der Waals surface area (Å²) in [6.45, 7) is 8.37. The molecule has 0 aromatic carbocycles. The second kappa shape index (κ2) is 5.69. The Kier molecular flexibility index (Phi) is 5.64. The van der Waals surface area contributed by atoms with Crippen LogP contribution in [-0.2, 0) is 0 Å². The summed E-state index contributed by atoms with van der Waals surface area (Å²) in [5, 5.41) is 3.40. The lowest BCUT2D eigenvalue weighted by Crippen LogP contribution is -2.32. The van der Waals surface area contributed by atoms with Gasteiger partial charge in [0.05, 0.1) is 0 Å². The molecule has 62 valence electrons. The standard InChI is InChI=1S/C8H20N2/c1-4-8(3)10-6-7(2)5-9/h7-8,10H,4-6,9H2,1-3H3. The van der Waals surface area contributed by atoms with E-state index < -0.39 is 0 Å². The fourth-order valence-electron chi connectivity index (χ4n) is 0.630. The van der Waals surface area contributed by atoms with Crippen molar-refractivity contribution >= 4 is 0 Å². The van der Waals surface area contributed by atoms with E-state index in [1.807, 2.05) is 0 Å². The zero-order valence-corrected chi connectivity index (χ0v) is 7.35. The van der Waals surface area contributed by atoms with E-state index in [0.29, 0.717) is 12.0 Å². The average molecular weight is 144 g/mol. The van der Waals surface area contributed by atoms with E-state index in [0.717, 1.165) is 13.1 Å². The summed E-state index contributed by atoms with van der Waals surface area (Å²) in [6, 6.07) is 0.633. The van der Waals surface area contributed by atoms with Crippen LogP contribution < -0.4 is 11.1 Å². The Labute approximate surface area is 64.2 Å². The molecule has 0 aliphatic rings. The maximum atomic E-state index is 5.46.